The highest BCUT2D eigenvalue weighted by atomic mass is 79.9. The van der Waals surface area contributed by atoms with Crippen LogP contribution < -0.4 is 4.72 Å². The molecule has 0 amide bonds. The fraction of sp³-hybridized carbons (Fsp3) is 0.333. The zero-order valence-electron chi connectivity index (χ0n) is 9.38. The third kappa shape index (κ3) is 3.16. The van der Waals surface area contributed by atoms with Crippen molar-refractivity contribution in [2.45, 2.75) is 18.2 Å². The molecule has 0 unspecified atom stereocenters. The van der Waals surface area contributed by atoms with Gasteiger partial charge in [0.25, 0.3) is 0 Å². The predicted molar refractivity (Wildman–Crippen MR) is 69.9 cm³/mol. The minimum atomic E-state index is -3.48. The third-order valence-corrected chi connectivity index (χ3v) is 5.44. The van der Waals surface area contributed by atoms with Gasteiger partial charge >= 0.3 is 0 Å². The molecule has 0 fully saturated rings. The molecule has 2 aromatic rings. The molecule has 2 heterocycles. The van der Waals surface area contributed by atoms with Gasteiger partial charge in [0.2, 0.25) is 15.9 Å². The molecule has 0 bridgehead atoms. The highest BCUT2D eigenvalue weighted by molar-refractivity contribution is 9.11. The minimum absolute atomic E-state index is 0.220. The van der Waals surface area contributed by atoms with E-state index in [4.69, 9.17) is 4.52 Å². The fourth-order valence-corrected chi connectivity index (χ4v) is 4.82. The van der Waals surface area contributed by atoms with E-state index in [0.717, 1.165) is 8.66 Å². The summed E-state index contributed by atoms with van der Waals surface area (Å²) in [6.07, 6.45) is 1.65. The summed E-state index contributed by atoms with van der Waals surface area (Å²) in [6.45, 7) is 1.99. The van der Waals surface area contributed by atoms with Crippen molar-refractivity contribution in [2.24, 2.45) is 0 Å². The van der Waals surface area contributed by atoms with Crippen LogP contribution in [-0.2, 0) is 16.4 Å². The van der Waals surface area contributed by atoms with Crippen molar-refractivity contribution in [3.63, 3.8) is 0 Å². The van der Waals surface area contributed by atoms with Gasteiger partial charge in [0.05, 0.1) is 8.68 Å². The van der Waals surface area contributed by atoms with Crippen LogP contribution in [0.4, 0.5) is 0 Å². The van der Waals surface area contributed by atoms with Gasteiger partial charge in [-0.1, -0.05) is 5.16 Å². The standard InChI is InChI=1S/C9H10BrN3O3S2/c1-6-7(4-8(10)17-6)18(14,15)13-3-2-9-11-5-12-16-9/h4-5,13H,2-3H2,1H3. The summed E-state index contributed by atoms with van der Waals surface area (Å²) in [5.74, 6) is 0.404. The summed E-state index contributed by atoms with van der Waals surface area (Å²) in [5, 5.41) is 3.45. The van der Waals surface area contributed by atoms with Crippen molar-refractivity contribution in [1.29, 1.82) is 0 Å². The number of hydrogen-bond acceptors (Lipinski definition) is 6. The van der Waals surface area contributed by atoms with E-state index in [1.165, 1.54) is 17.7 Å². The van der Waals surface area contributed by atoms with Crippen LogP contribution in [0.1, 0.15) is 10.8 Å². The van der Waals surface area contributed by atoms with E-state index in [9.17, 15) is 8.42 Å². The SMILES string of the molecule is Cc1sc(Br)cc1S(=O)(=O)NCCc1ncno1. The van der Waals surface area contributed by atoms with Crippen molar-refractivity contribution >= 4 is 37.3 Å². The average Bonchev–Trinajstić information content (AvgIpc) is 2.88. The van der Waals surface area contributed by atoms with Crippen molar-refractivity contribution < 1.29 is 12.9 Å². The molecular weight excluding hydrogens is 342 g/mol. The van der Waals surface area contributed by atoms with Crippen LogP contribution in [0.25, 0.3) is 0 Å². The second-order valence-corrected chi connectivity index (χ2v) is 7.82. The van der Waals surface area contributed by atoms with Crippen molar-refractivity contribution in [1.82, 2.24) is 14.9 Å². The van der Waals surface area contributed by atoms with Gasteiger partial charge in [0, 0.05) is 17.8 Å². The number of thiophene rings is 1. The number of halogens is 1. The van der Waals surface area contributed by atoms with Crippen LogP contribution in [0.3, 0.4) is 0 Å². The molecule has 0 aliphatic rings. The lowest BCUT2D eigenvalue weighted by Gasteiger charge is -2.04. The maximum absolute atomic E-state index is 12.0. The van der Waals surface area contributed by atoms with E-state index in [1.807, 2.05) is 0 Å². The Kier molecular flexibility index (Phi) is 4.15. The summed E-state index contributed by atoms with van der Waals surface area (Å²) in [4.78, 5) is 4.85. The first-order chi connectivity index (χ1) is 8.49. The summed E-state index contributed by atoms with van der Waals surface area (Å²) in [7, 11) is -3.48. The summed E-state index contributed by atoms with van der Waals surface area (Å²) in [5.41, 5.74) is 0. The summed E-state index contributed by atoms with van der Waals surface area (Å²) in [6, 6.07) is 1.59. The maximum Gasteiger partial charge on any atom is 0.241 e. The molecule has 0 aromatic carbocycles. The molecule has 0 aliphatic heterocycles. The molecule has 98 valence electrons. The van der Waals surface area contributed by atoms with Gasteiger partial charge in [0.1, 0.15) is 0 Å². The van der Waals surface area contributed by atoms with E-state index in [-0.39, 0.29) is 6.54 Å². The van der Waals surface area contributed by atoms with Gasteiger partial charge in [0.15, 0.2) is 6.33 Å². The molecular formula is C9H10BrN3O3S2. The topological polar surface area (TPSA) is 85.1 Å². The van der Waals surface area contributed by atoms with Crippen molar-refractivity contribution in [2.75, 3.05) is 6.54 Å². The smallest absolute Gasteiger partial charge is 0.241 e. The Morgan fingerprint density at radius 3 is 2.89 bits per heavy atom. The third-order valence-electron chi connectivity index (χ3n) is 2.17. The molecule has 0 spiro atoms. The Bertz CT molecular complexity index is 622. The van der Waals surface area contributed by atoms with E-state index >= 15 is 0 Å². The van der Waals surface area contributed by atoms with E-state index < -0.39 is 10.0 Å². The fourth-order valence-electron chi connectivity index (χ4n) is 1.37. The Balaban J connectivity index is 2.02. The Hall–Kier alpha value is -0.770. The second-order valence-electron chi connectivity index (χ2n) is 3.45. The number of aryl methyl sites for hydroxylation is 1. The monoisotopic (exact) mass is 351 g/mol. The van der Waals surface area contributed by atoms with Gasteiger partial charge in [-0.15, -0.1) is 11.3 Å². The Labute approximate surface area is 117 Å². The zero-order chi connectivity index (χ0) is 13.2. The number of sulfonamides is 1. The maximum atomic E-state index is 12.0. The van der Waals surface area contributed by atoms with Crippen LogP contribution in [0.15, 0.2) is 25.6 Å². The number of aromatic nitrogens is 2. The molecule has 1 N–H and O–H groups in total. The van der Waals surface area contributed by atoms with Crippen LogP contribution in [0.2, 0.25) is 0 Å². The summed E-state index contributed by atoms with van der Waals surface area (Å²) >= 11 is 4.65. The normalized spacial score (nSPS) is 11.9. The van der Waals surface area contributed by atoms with Crippen LogP contribution in [0.5, 0.6) is 0 Å². The molecule has 2 rings (SSSR count). The van der Waals surface area contributed by atoms with E-state index in [2.05, 4.69) is 30.8 Å². The van der Waals surface area contributed by atoms with Crippen LogP contribution in [0, 0.1) is 6.92 Å². The first kappa shape index (κ1) is 13.7. The van der Waals surface area contributed by atoms with Gasteiger partial charge in [-0.25, -0.2) is 13.1 Å². The molecule has 9 heteroatoms. The largest absolute Gasteiger partial charge is 0.340 e. The zero-order valence-corrected chi connectivity index (χ0v) is 12.6. The van der Waals surface area contributed by atoms with Gasteiger partial charge in [-0.3, -0.25) is 0 Å². The number of rotatable bonds is 5. The minimum Gasteiger partial charge on any atom is -0.340 e. The predicted octanol–water partition coefficient (Wildman–Crippen LogP) is 1.72. The lowest BCUT2D eigenvalue weighted by Crippen LogP contribution is -2.26. The quantitative estimate of drug-likeness (QED) is 0.886. The Morgan fingerprint density at radius 1 is 1.56 bits per heavy atom. The van der Waals surface area contributed by atoms with E-state index in [0.29, 0.717) is 17.2 Å². The molecule has 0 aliphatic carbocycles. The lowest BCUT2D eigenvalue weighted by molar-refractivity contribution is 0.377. The highest BCUT2D eigenvalue weighted by Crippen LogP contribution is 2.29. The van der Waals surface area contributed by atoms with Crippen LogP contribution >= 0.6 is 27.3 Å². The van der Waals surface area contributed by atoms with Crippen LogP contribution in [-0.4, -0.2) is 25.1 Å². The molecule has 0 saturated carbocycles. The first-order valence-corrected chi connectivity index (χ1v) is 8.09. The highest BCUT2D eigenvalue weighted by Gasteiger charge is 2.19. The lowest BCUT2D eigenvalue weighted by atomic mass is 10.4. The summed E-state index contributed by atoms with van der Waals surface area (Å²) < 4.78 is 32.1. The molecule has 6 nitrogen and oxygen atoms in total. The van der Waals surface area contributed by atoms with Gasteiger partial charge in [-0.05, 0) is 28.9 Å². The first-order valence-electron chi connectivity index (χ1n) is 5.00. The second kappa shape index (κ2) is 5.47. The van der Waals surface area contributed by atoms with Gasteiger partial charge in [-0.2, -0.15) is 4.98 Å². The molecule has 18 heavy (non-hydrogen) atoms. The van der Waals surface area contributed by atoms with E-state index in [1.54, 1.807) is 13.0 Å². The van der Waals surface area contributed by atoms with Gasteiger partial charge < -0.3 is 4.52 Å². The van der Waals surface area contributed by atoms with Crippen molar-refractivity contribution in [3.05, 3.63) is 26.9 Å². The number of nitrogens with one attached hydrogen (secondary N) is 1. The number of nitrogens with zero attached hydrogens (tertiary/aromatic N) is 2. The molecule has 2 aromatic heterocycles. The average molecular weight is 352 g/mol. The molecule has 0 saturated heterocycles. The Morgan fingerprint density at radius 2 is 2.33 bits per heavy atom. The number of hydrogen-bond donors (Lipinski definition) is 1. The van der Waals surface area contributed by atoms with Crippen molar-refractivity contribution in [3.8, 4) is 0 Å². The molecule has 0 atom stereocenters. The molecule has 0 radical (unpaired) electrons.